The Morgan fingerprint density at radius 3 is 2.50 bits per heavy atom. The smallest absolute Gasteiger partial charge is 0.326 e. The van der Waals surface area contributed by atoms with E-state index in [9.17, 15) is 22.4 Å². The third-order valence-electron chi connectivity index (χ3n) is 4.05. The van der Waals surface area contributed by atoms with Gasteiger partial charge in [0.25, 0.3) is 0 Å². The van der Waals surface area contributed by atoms with Crippen molar-refractivity contribution in [1.29, 1.82) is 0 Å². The Balaban J connectivity index is 2.25. The Kier molecular flexibility index (Phi) is 5.82. The molecule has 1 aliphatic rings. The van der Waals surface area contributed by atoms with E-state index in [0.29, 0.717) is 11.1 Å². The van der Waals surface area contributed by atoms with Crippen LogP contribution in [-0.2, 0) is 26.0 Å². The summed E-state index contributed by atoms with van der Waals surface area (Å²) in [5.74, 6) is -2.72. The molecule has 1 unspecified atom stereocenters. The maximum atomic E-state index is 14.3. The predicted molar refractivity (Wildman–Crippen MR) is 94.3 cm³/mol. The number of rotatable bonds is 7. The number of carbonyl (C=O) groups excluding carboxylic acids is 1. The van der Waals surface area contributed by atoms with Crippen molar-refractivity contribution in [2.45, 2.75) is 32.4 Å². The Morgan fingerprint density at radius 1 is 1.31 bits per heavy atom. The molecule has 26 heavy (non-hydrogen) atoms. The van der Waals surface area contributed by atoms with Crippen molar-refractivity contribution >= 4 is 28.0 Å². The molecule has 3 N–H and O–H groups in total. The summed E-state index contributed by atoms with van der Waals surface area (Å²) in [5.41, 5.74) is 1.07. The summed E-state index contributed by atoms with van der Waals surface area (Å²) in [4.78, 5) is 23.4. The zero-order valence-electron chi connectivity index (χ0n) is 14.6. The molecule has 0 aliphatic heterocycles. The van der Waals surface area contributed by atoms with Gasteiger partial charge >= 0.3 is 5.97 Å². The molecule has 2 rings (SSSR count). The maximum Gasteiger partial charge on any atom is 0.326 e. The van der Waals surface area contributed by atoms with Gasteiger partial charge in [0.05, 0.1) is 18.7 Å². The fourth-order valence-electron chi connectivity index (χ4n) is 2.83. The van der Waals surface area contributed by atoms with Gasteiger partial charge in [-0.05, 0) is 23.1 Å². The van der Waals surface area contributed by atoms with Crippen molar-refractivity contribution < 1.29 is 27.5 Å². The highest BCUT2D eigenvalue weighted by Gasteiger charge is 2.27. The minimum Gasteiger partial charge on any atom is -0.480 e. The average Bonchev–Trinajstić information content (AvgIpc) is 2.88. The van der Waals surface area contributed by atoms with E-state index < -0.39 is 39.8 Å². The number of fused-ring (bicyclic) bond motifs is 1. The highest BCUT2D eigenvalue weighted by Crippen LogP contribution is 2.32. The summed E-state index contributed by atoms with van der Waals surface area (Å²) in [5, 5.41) is 11.5. The summed E-state index contributed by atoms with van der Waals surface area (Å²) in [7, 11) is -3.47. The molecule has 0 fully saturated rings. The van der Waals surface area contributed by atoms with Crippen LogP contribution in [0.2, 0.25) is 0 Å². The van der Waals surface area contributed by atoms with Gasteiger partial charge in [-0.2, -0.15) is 0 Å². The van der Waals surface area contributed by atoms with Crippen molar-refractivity contribution in [2.75, 3.05) is 6.26 Å². The van der Waals surface area contributed by atoms with Gasteiger partial charge in [0.15, 0.2) is 0 Å². The second kappa shape index (κ2) is 7.55. The summed E-state index contributed by atoms with van der Waals surface area (Å²) >= 11 is 0. The number of benzene rings is 1. The maximum absolute atomic E-state index is 14.3. The van der Waals surface area contributed by atoms with Crippen LogP contribution in [0.25, 0.3) is 6.08 Å². The highest BCUT2D eigenvalue weighted by atomic mass is 32.2. The zero-order chi connectivity index (χ0) is 19.6. The van der Waals surface area contributed by atoms with Crippen molar-refractivity contribution in [1.82, 2.24) is 10.0 Å². The van der Waals surface area contributed by atoms with Crippen LogP contribution < -0.4 is 10.0 Å². The van der Waals surface area contributed by atoms with Crippen LogP contribution in [0.3, 0.4) is 0 Å². The number of amides is 1. The SMILES string of the molecule is CC(C)[C@@H](NC(=O)Cc1c(F)ccc2c1C=CC2NS(C)(=O)=O)C(=O)O. The van der Waals surface area contributed by atoms with Crippen molar-refractivity contribution in [3.8, 4) is 0 Å². The molecule has 1 aliphatic carbocycles. The number of carboxylic acid groups (broad SMARTS) is 1. The third-order valence-corrected chi connectivity index (χ3v) is 4.73. The first-order chi connectivity index (χ1) is 12.0. The van der Waals surface area contributed by atoms with E-state index in [1.807, 2.05) is 0 Å². The Bertz CT molecular complexity index is 864. The lowest BCUT2D eigenvalue weighted by molar-refractivity contribution is -0.143. The second-order valence-corrected chi connectivity index (χ2v) is 8.34. The van der Waals surface area contributed by atoms with Gasteiger partial charge in [0.1, 0.15) is 11.9 Å². The Hall–Kier alpha value is -2.26. The normalized spacial score (nSPS) is 17.2. The van der Waals surface area contributed by atoms with Gasteiger partial charge in [-0.3, -0.25) is 4.79 Å². The molecule has 1 amide bonds. The van der Waals surface area contributed by atoms with E-state index in [-0.39, 0.29) is 17.9 Å². The van der Waals surface area contributed by atoms with Gasteiger partial charge < -0.3 is 10.4 Å². The van der Waals surface area contributed by atoms with Gasteiger partial charge in [-0.25, -0.2) is 22.3 Å². The molecule has 0 heterocycles. The number of hydrogen-bond donors (Lipinski definition) is 3. The zero-order valence-corrected chi connectivity index (χ0v) is 15.4. The van der Waals surface area contributed by atoms with Crippen LogP contribution in [0.15, 0.2) is 18.2 Å². The largest absolute Gasteiger partial charge is 0.480 e. The van der Waals surface area contributed by atoms with Gasteiger partial charge in [-0.1, -0.05) is 32.1 Å². The molecule has 1 aromatic carbocycles. The lowest BCUT2D eigenvalue weighted by Gasteiger charge is -2.19. The van der Waals surface area contributed by atoms with Crippen molar-refractivity contribution in [2.24, 2.45) is 5.92 Å². The fourth-order valence-corrected chi connectivity index (χ4v) is 3.50. The molecular weight excluding hydrogens is 363 g/mol. The number of carboxylic acids is 1. The van der Waals surface area contributed by atoms with Gasteiger partial charge in [0, 0.05) is 5.56 Å². The van der Waals surface area contributed by atoms with Crippen LogP contribution in [0.1, 0.15) is 36.6 Å². The first kappa shape index (κ1) is 20.1. The first-order valence-electron chi connectivity index (χ1n) is 7.98. The summed E-state index contributed by atoms with van der Waals surface area (Å²) in [6.07, 6.45) is 3.80. The van der Waals surface area contributed by atoms with Crippen LogP contribution in [-0.4, -0.2) is 37.7 Å². The average molecular weight is 384 g/mol. The molecule has 0 radical (unpaired) electrons. The quantitative estimate of drug-likeness (QED) is 0.654. The van der Waals surface area contributed by atoms with Crippen LogP contribution in [0.5, 0.6) is 0 Å². The number of halogens is 1. The first-order valence-corrected chi connectivity index (χ1v) is 9.87. The summed E-state index contributed by atoms with van der Waals surface area (Å²) in [6, 6.07) is 0.924. The molecule has 1 aromatic rings. The summed E-state index contributed by atoms with van der Waals surface area (Å²) in [6.45, 7) is 3.31. The van der Waals surface area contributed by atoms with E-state index in [2.05, 4.69) is 10.0 Å². The topological polar surface area (TPSA) is 113 Å². The molecule has 7 nitrogen and oxygen atoms in total. The minimum atomic E-state index is -3.47. The van der Waals surface area contributed by atoms with Crippen molar-refractivity contribution in [3.05, 3.63) is 40.7 Å². The Labute approximate surface area is 151 Å². The van der Waals surface area contributed by atoms with Gasteiger partial charge in [0.2, 0.25) is 15.9 Å². The number of carbonyl (C=O) groups is 2. The number of sulfonamides is 1. The molecule has 9 heteroatoms. The van der Waals surface area contributed by atoms with Crippen LogP contribution >= 0.6 is 0 Å². The molecule has 142 valence electrons. The Morgan fingerprint density at radius 2 is 1.96 bits per heavy atom. The van der Waals surface area contributed by atoms with E-state index in [4.69, 9.17) is 5.11 Å². The molecule has 2 atom stereocenters. The number of hydrogen-bond acceptors (Lipinski definition) is 4. The molecule has 0 saturated carbocycles. The third kappa shape index (κ3) is 4.67. The molecule has 0 saturated heterocycles. The number of aliphatic carboxylic acids is 1. The van der Waals surface area contributed by atoms with Gasteiger partial charge in [-0.15, -0.1) is 0 Å². The standard InChI is InChI=1S/C17H21FN2O5S/c1-9(2)16(17(22)23)19-15(21)8-12-10-5-7-14(20-26(3,24)25)11(10)4-6-13(12)18/h4-7,9,14,16,20H,8H2,1-3H3,(H,19,21)(H,22,23)/t14?,16-/m1/s1. The van der Waals surface area contributed by atoms with Crippen LogP contribution in [0.4, 0.5) is 4.39 Å². The summed E-state index contributed by atoms with van der Waals surface area (Å²) < 4.78 is 39.6. The lowest BCUT2D eigenvalue weighted by Crippen LogP contribution is -2.45. The van der Waals surface area contributed by atoms with Crippen molar-refractivity contribution in [3.63, 3.8) is 0 Å². The number of nitrogens with one attached hydrogen (secondary N) is 2. The van der Waals surface area contributed by atoms with E-state index in [0.717, 1.165) is 6.26 Å². The predicted octanol–water partition coefficient (Wildman–Crippen LogP) is 1.21. The molecule has 0 aromatic heterocycles. The minimum absolute atomic E-state index is 0.0990. The van der Waals surface area contributed by atoms with Crippen LogP contribution in [0, 0.1) is 11.7 Å². The lowest BCUT2D eigenvalue weighted by atomic mass is 9.98. The highest BCUT2D eigenvalue weighted by molar-refractivity contribution is 7.88. The molecule has 0 spiro atoms. The second-order valence-electron chi connectivity index (χ2n) is 6.56. The monoisotopic (exact) mass is 384 g/mol. The molecular formula is C17H21FN2O5S. The van der Waals surface area contributed by atoms with E-state index in [1.54, 1.807) is 26.0 Å². The fraction of sp³-hybridized carbons (Fsp3) is 0.412. The van der Waals surface area contributed by atoms with E-state index in [1.165, 1.54) is 12.1 Å². The van der Waals surface area contributed by atoms with E-state index >= 15 is 0 Å². The molecule has 0 bridgehead atoms.